The van der Waals surface area contributed by atoms with Crippen molar-refractivity contribution in [1.29, 1.82) is 0 Å². The van der Waals surface area contributed by atoms with Crippen LogP contribution in [-0.4, -0.2) is 36.9 Å². The maximum absolute atomic E-state index is 13.2. The highest BCUT2D eigenvalue weighted by Gasteiger charge is 2.39. The first-order chi connectivity index (χ1) is 16.5. The second kappa shape index (κ2) is 11.5. The monoisotopic (exact) mass is 513 g/mol. The molecule has 0 bridgehead atoms. The minimum atomic E-state index is -4.71. The van der Waals surface area contributed by atoms with Gasteiger partial charge in [0.2, 0.25) is 11.8 Å². The fourth-order valence-electron chi connectivity index (χ4n) is 4.66. The minimum Gasteiger partial charge on any atom is -0.353 e. The molecule has 2 amide bonds. The largest absolute Gasteiger partial charge is 0.416 e. The molecular formula is C25H31F4N3O2S. The predicted octanol–water partition coefficient (Wildman–Crippen LogP) is 5.21. The van der Waals surface area contributed by atoms with E-state index < -0.39 is 23.5 Å². The third-order valence-corrected chi connectivity index (χ3v) is 7.74. The van der Waals surface area contributed by atoms with Gasteiger partial charge < -0.3 is 10.6 Å². The molecule has 0 saturated heterocycles. The van der Waals surface area contributed by atoms with Crippen molar-refractivity contribution in [1.82, 2.24) is 15.5 Å². The Hall–Kier alpha value is -2.46. The van der Waals surface area contributed by atoms with Crippen LogP contribution >= 0.6 is 11.3 Å². The highest BCUT2D eigenvalue weighted by atomic mass is 32.1. The zero-order valence-electron chi connectivity index (χ0n) is 19.9. The Morgan fingerprint density at radius 2 is 1.80 bits per heavy atom. The topological polar surface area (TPSA) is 61.4 Å². The standard InChI is InChI=1S/C25H31F4N3O2S/c1-32(2)24(21-5-4-14-35-21)12-10-19(11-13-24)31-23(34)7-3-6-22(33)30-16-17-8-9-18(26)15-20(17)25(27,28)29/h4-5,8-9,14-15,19H,3,6-7,10-13,16H2,1-2H3,(H,30,33)(H,31,34). The fourth-order valence-corrected chi connectivity index (χ4v) is 5.72. The molecule has 2 N–H and O–H groups in total. The number of hydrogen-bond acceptors (Lipinski definition) is 4. The summed E-state index contributed by atoms with van der Waals surface area (Å²) in [6.45, 7) is -0.361. The summed E-state index contributed by atoms with van der Waals surface area (Å²) >= 11 is 1.75. The number of nitrogens with one attached hydrogen (secondary N) is 2. The summed E-state index contributed by atoms with van der Waals surface area (Å²) in [5.41, 5.74) is -1.33. The Kier molecular flexibility index (Phi) is 8.93. The summed E-state index contributed by atoms with van der Waals surface area (Å²) < 4.78 is 52.4. The fraction of sp³-hybridized carbons (Fsp3) is 0.520. The van der Waals surface area contributed by atoms with E-state index in [4.69, 9.17) is 0 Å². The molecule has 0 aliphatic heterocycles. The molecule has 1 aliphatic carbocycles. The quantitative estimate of drug-likeness (QED) is 0.453. The first-order valence-corrected chi connectivity index (χ1v) is 12.5. The lowest BCUT2D eigenvalue weighted by atomic mass is 9.77. The van der Waals surface area contributed by atoms with Gasteiger partial charge in [-0.15, -0.1) is 11.3 Å². The van der Waals surface area contributed by atoms with Crippen LogP contribution < -0.4 is 10.6 Å². The SMILES string of the molecule is CN(C)C1(c2cccs2)CCC(NC(=O)CCCC(=O)NCc2ccc(F)cc2C(F)(F)F)CC1. The molecule has 0 radical (unpaired) electrons. The molecule has 1 aromatic heterocycles. The van der Waals surface area contributed by atoms with Gasteiger partial charge in [0.05, 0.1) is 11.1 Å². The molecule has 1 fully saturated rings. The number of benzene rings is 1. The number of halogens is 4. The van der Waals surface area contributed by atoms with Gasteiger partial charge in [-0.05, 0) is 75.3 Å². The number of amides is 2. The Morgan fingerprint density at radius 1 is 1.11 bits per heavy atom. The van der Waals surface area contributed by atoms with Crippen molar-refractivity contribution in [2.24, 2.45) is 0 Å². The van der Waals surface area contributed by atoms with E-state index in [1.54, 1.807) is 11.3 Å². The van der Waals surface area contributed by atoms with Crippen LogP contribution in [0.2, 0.25) is 0 Å². The van der Waals surface area contributed by atoms with Gasteiger partial charge in [-0.25, -0.2) is 4.39 Å². The van der Waals surface area contributed by atoms with Gasteiger partial charge in [0.25, 0.3) is 0 Å². The second-order valence-corrected chi connectivity index (χ2v) is 10.1. The predicted molar refractivity (Wildman–Crippen MR) is 127 cm³/mol. The van der Waals surface area contributed by atoms with Crippen molar-refractivity contribution in [3.63, 3.8) is 0 Å². The molecular weight excluding hydrogens is 482 g/mol. The van der Waals surface area contributed by atoms with E-state index in [1.807, 2.05) is 0 Å². The van der Waals surface area contributed by atoms with Crippen LogP contribution in [-0.2, 0) is 27.8 Å². The molecule has 0 unspecified atom stereocenters. The van der Waals surface area contributed by atoms with Crippen LogP contribution in [0, 0.1) is 5.82 Å². The van der Waals surface area contributed by atoms with E-state index in [0.717, 1.165) is 37.8 Å². The van der Waals surface area contributed by atoms with Crippen LogP contribution in [0.25, 0.3) is 0 Å². The van der Waals surface area contributed by atoms with Crippen LogP contribution in [0.15, 0.2) is 35.7 Å². The average molecular weight is 514 g/mol. The second-order valence-electron chi connectivity index (χ2n) is 9.17. The summed E-state index contributed by atoms with van der Waals surface area (Å²) in [5, 5.41) is 7.56. The van der Waals surface area contributed by atoms with Crippen molar-refractivity contribution >= 4 is 23.2 Å². The highest BCUT2D eigenvalue weighted by molar-refractivity contribution is 7.10. The first-order valence-electron chi connectivity index (χ1n) is 11.6. The van der Waals surface area contributed by atoms with Crippen LogP contribution in [0.3, 0.4) is 0 Å². The molecule has 5 nitrogen and oxygen atoms in total. The molecule has 0 atom stereocenters. The average Bonchev–Trinajstić information content (AvgIpc) is 3.33. The molecule has 3 rings (SSSR count). The van der Waals surface area contributed by atoms with E-state index in [-0.39, 0.29) is 48.9 Å². The van der Waals surface area contributed by atoms with Crippen molar-refractivity contribution in [2.45, 2.75) is 69.2 Å². The van der Waals surface area contributed by atoms with Crippen molar-refractivity contribution in [3.05, 3.63) is 57.5 Å². The Labute approximate surface area is 206 Å². The van der Waals surface area contributed by atoms with Gasteiger partial charge in [-0.1, -0.05) is 12.1 Å². The lowest BCUT2D eigenvalue weighted by Crippen LogP contribution is -2.48. The van der Waals surface area contributed by atoms with E-state index >= 15 is 0 Å². The molecule has 35 heavy (non-hydrogen) atoms. The van der Waals surface area contributed by atoms with E-state index in [1.165, 1.54) is 4.88 Å². The molecule has 10 heteroatoms. The lowest BCUT2D eigenvalue weighted by Gasteiger charge is -2.44. The van der Waals surface area contributed by atoms with Crippen LogP contribution in [0.1, 0.15) is 60.9 Å². The van der Waals surface area contributed by atoms with Gasteiger partial charge in [0.15, 0.2) is 0 Å². The van der Waals surface area contributed by atoms with E-state index in [9.17, 15) is 27.2 Å². The van der Waals surface area contributed by atoms with E-state index in [2.05, 4.69) is 47.1 Å². The number of thiophene rings is 1. The normalized spacial score (nSPS) is 20.6. The number of rotatable bonds is 9. The zero-order chi connectivity index (χ0) is 25.6. The number of nitrogens with zero attached hydrogens (tertiary/aromatic N) is 1. The molecule has 1 aromatic carbocycles. The maximum Gasteiger partial charge on any atom is 0.416 e. The lowest BCUT2D eigenvalue weighted by molar-refractivity contribution is -0.138. The van der Waals surface area contributed by atoms with Gasteiger partial charge in [-0.3, -0.25) is 14.5 Å². The maximum atomic E-state index is 13.2. The molecule has 1 saturated carbocycles. The number of alkyl halides is 3. The van der Waals surface area contributed by atoms with Gasteiger partial charge in [-0.2, -0.15) is 13.2 Å². The summed E-state index contributed by atoms with van der Waals surface area (Å²) in [5.74, 6) is -1.58. The summed E-state index contributed by atoms with van der Waals surface area (Å²) in [6.07, 6.45) is -0.635. The van der Waals surface area contributed by atoms with Gasteiger partial charge in [0.1, 0.15) is 5.82 Å². The first kappa shape index (κ1) is 27.1. The third kappa shape index (κ3) is 7.04. The smallest absolute Gasteiger partial charge is 0.353 e. The van der Waals surface area contributed by atoms with Crippen molar-refractivity contribution in [3.8, 4) is 0 Å². The minimum absolute atomic E-state index is 0.00994. The summed E-state index contributed by atoms with van der Waals surface area (Å²) in [6, 6.07) is 6.66. The Bertz CT molecular complexity index is 1000. The molecule has 1 heterocycles. The third-order valence-electron chi connectivity index (χ3n) is 6.67. The number of hydrogen-bond donors (Lipinski definition) is 2. The summed E-state index contributed by atoms with van der Waals surface area (Å²) in [7, 11) is 4.17. The molecule has 192 valence electrons. The number of carbonyl (C=O) groups is 2. The molecule has 0 spiro atoms. The summed E-state index contributed by atoms with van der Waals surface area (Å²) in [4.78, 5) is 28.0. The van der Waals surface area contributed by atoms with Gasteiger partial charge in [0, 0.05) is 30.3 Å². The van der Waals surface area contributed by atoms with Crippen LogP contribution in [0.4, 0.5) is 17.6 Å². The van der Waals surface area contributed by atoms with E-state index in [0.29, 0.717) is 6.07 Å². The van der Waals surface area contributed by atoms with Crippen molar-refractivity contribution in [2.75, 3.05) is 14.1 Å². The Morgan fingerprint density at radius 3 is 2.40 bits per heavy atom. The highest BCUT2D eigenvalue weighted by Crippen LogP contribution is 2.43. The molecule has 1 aliphatic rings. The zero-order valence-corrected chi connectivity index (χ0v) is 20.7. The Balaban J connectivity index is 1.39. The van der Waals surface area contributed by atoms with Gasteiger partial charge >= 0.3 is 6.18 Å². The van der Waals surface area contributed by atoms with Crippen molar-refractivity contribution < 1.29 is 27.2 Å². The van der Waals surface area contributed by atoms with Crippen LogP contribution in [0.5, 0.6) is 0 Å². The molecule has 2 aromatic rings. The number of carbonyl (C=O) groups excluding carboxylic acids is 2.